The van der Waals surface area contributed by atoms with E-state index in [0.29, 0.717) is 51.9 Å². The van der Waals surface area contributed by atoms with Crippen LogP contribution in [0.1, 0.15) is 135 Å². The predicted molar refractivity (Wildman–Crippen MR) is 414 cm³/mol. The van der Waals surface area contributed by atoms with E-state index in [4.69, 9.17) is 0 Å². The first-order valence-electron chi connectivity index (χ1n) is 35.7. The van der Waals surface area contributed by atoms with Crippen LogP contribution >= 0.6 is 0 Å². The highest BCUT2D eigenvalue weighted by Crippen LogP contribution is 2.31. The van der Waals surface area contributed by atoms with E-state index in [2.05, 4.69) is 100 Å². The van der Waals surface area contributed by atoms with Crippen LogP contribution in [0.3, 0.4) is 0 Å². The van der Waals surface area contributed by atoms with Crippen molar-refractivity contribution in [3.8, 4) is 0 Å². The second-order valence-electron chi connectivity index (χ2n) is 26.1. The number of rotatable bonds is 24. The summed E-state index contributed by atoms with van der Waals surface area (Å²) < 4.78 is 0. The number of hydrogen-bond donors (Lipinski definition) is 16. The summed E-state index contributed by atoms with van der Waals surface area (Å²) in [6.07, 6.45) is 5.75. The molecule has 110 heavy (non-hydrogen) atoms. The van der Waals surface area contributed by atoms with Crippen LogP contribution in [0, 0.1) is 0 Å². The number of carbonyl (C=O) groups is 12. The molecule has 4 aliphatic rings. The molecule has 0 unspecified atom stereocenters. The monoisotopic (exact) mass is 1480 g/mol. The third-order valence-corrected chi connectivity index (χ3v) is 18.4. The molecule has 0 saturated carbocycles. The SMILES string of the molecule is O=C(Nc1ccccc1NC(=O)[C@@H]1CCCN1)c1cc(NC(=O)c2ccccc2NC(=O)c2cccc(C(=O)Nc3ccccc3C(=O)Nc3cc(C(=O)Nc4ccccc4NC(=O)[C@@H]4CCCN4)nc(C(=O)Nc4ccccc4NC(=O)[C@@H]4CCCN4)c3)n2)cc(C(=O)Nc2ccccc2NC(=O)[C@@H]2CCCN2)n1. The minimum atomic E-state index is -0.868. The van der Waals surface area contributed by atoms with Gasteiger partial charge in [-0.05, 0) is 187 Å². The second kappa shape index (κ2) is 34.7. The van der Waals surface area contributed by atoms with Crippen LogP contribution < -0.4 is 85.1 Å². The van der Waals surface area contributed by atoms with Crippen molar-refractivity contribution in [3.63, 3.8) is 0 Å². The maximum atomic E-state index is 14.5. The van der Waals surface area contributed by atoms with E-state index < -0.39 is 71.4 Å². The van der Waals surface area contributed by atoms with E-state index in [-0.39, 0.29) is 137 Å². The number of nitrogens with zero attached hydrogens (tertiary/aromatic N) is 3. The topological polar surface area (TPSA) is 436 Å². The number of pyridine rings is 3. The zero-order valence-electron chi connectivity index (χ0n) is 58.9. The summed E-state index contributed by atoms with van der Waals surface area (Å²) in [5.41, 5.74) is -0.452. The molecule has 7 heterocycles. The lowest BCUT2D eigenvalue weighted by Crippen LogP contribution is -2.35. The van der Waals surface area contributed by atoms with E-state index in [9.17, 15) is 57.5 Å². The van der Waals surface area contributed by atoms with E-state index in [1.807, 2.05) is 0 Å². The van der Waals surface area contributed by atoms with Gasteiger partial charge in [-0.15, -0.1) is 0 Å². The molecule has 4 aliphatic heterocycles. The molecular weight excluding hydrogens is 1410 g/mol. The van der Waals surface area contributed by atoms with Crippen LogP contribution in [0.5, 0.6) is 0 Å². The van der Waals surface area contributed by atoms with Crippen molar-refractivity contribution >= 4 is 139 Å². The normalized spacial score (nSPS) is 16.2. The van der Waals surface area contributed by atoms with E-state index >= 15 is 0 Å². The fourth-order valence-corrected chi connectivity index (χ4v) is 12.8. The molecule has 4 fully saturated rings. The van der Waals surface area contributed by atoms with Crippen LogP contribution in [-0.4, -0.2) is 136 Å². The van der Waals surface area contributed by atoms with Crippen LogP contribution in [-0.2, 0) is 19.2 Å². The van der Waals surface area contributed by atoms with Crippen molar-refractivity contribution in [2.24, 2.45) is 0 Å². The van der Waals surface area contributed by atoms with Crippen molar-refractivity contribution in [3.05, 3.63) is 233 Å². The molecule has 4 atom stereocenters. The number of carbonyl (C=O) groups excluding carboxylic acids is 12. The molecule has 0 radical (unpaired) electrons. The largest absolute Gasteiger partial charge is 0.323 e. The van der Waals surface area contributed by atoms with Gasteiger partial charge in [0.15, 0.2) is 0 Å². The van der Waals surface area contributed by atoms with Gasteiger partial charge in [0.2, 0.25) is 23.6 Å². The standard InChI is InChI=1S/C79H75N19O12/c99-68(84-44-40-64(76(107)95-54-26-9-5-22-50(54)91-70(101)58-32-14-36-80-58)87-65(41-44)77(108)96-55-27-10-6-23-51(55)92-71(102)59-33-15-37-81-59)46-18-1-3-20-48(46)89-74(105)62-30-13-31-63(86-62)75(106)90-49-21-4-2-19-47(49)69(100)85-45-42-66(78(109)97-56-28-11-7-24-52(56)93-72(103)60-34-16-38-82-60)88-67(43-45)79(110)98-57-29-12-8-25-53(57)94-73(104)61-35-17-39-83-61/h1-13,18-31,40-43,58-61,80-83H,14-17,32-39H2,(H,89,105)(H,90,106)(H,91,101)(H,92,102)(H,93,103)(H,94,104)(H,95,107)(H,96,108)(H,97,109)(H,98,110)(H,84,87,99)(H,85,88,100)/t58-,59-,60-,61-/m0/s1. The van der Waals surface area contributed by atoms with Gasteiger partial charge in [-0.3, -0.25) is 57.5 Å². The molecule has 9 aromatic rings. The zero-order valence-corrected chi connectivity index (χ0v) is 58.9. The molecular formula is C79H75N19O12. The van der Waals surface area contributed by atoms with Gasteiger partial charge in [0.25, 0.3) is 47.3 Å². The van der Waals surface area contributed by atoms with Crippen LogP contribution in [0.25, 0.3) is 0 Å². The van der Waals surface area contributed by atoms with Crippen LogP contribution in [0.4, 0.5) is 68.2 Å². The Hall–Kier alpha value is -13.8. The van der Waals surface area contributed by atoms with Crippen molar-refractivity contribution in [2.75, 3.05) is 90.0 Å². The molecule has 3 aromatic heterocycles. The number of nitrogens with one attached hydrogen (secondary N) is 16. The predicted octanol–water partition coefficient (Wildman–Crippen LogP) is 8.65. The van der Waals surface area contributed by atoms with Crippen molar-refractivity contribution in [2.45, 2.75) is 75.5 Å². The Morgan fingerprint density at radius 3 is 0.709 bits per heavy atom. The van der Waals surface area contributed by atoms with Crippen molar-refractivity contribution < 1.29 is 57.5 Å². The van der Waals surface area contributed by atoms with Gasteiger partial charge in [0.05, 0.1) is 92.2 Å². The Morgan fingerprint density at radius 2 is 0.455 bits per heavy atom. The summed E-state index contributed by atoms with van der Waals surface area (Å²) >= 11 is 0. The summed E-state index contributed by atoms with van der Waals surface area (Å²) in [4.78, 5) is 181. The molecule has 0 bridgehead atoms. The Kier molecular flexibility index (Phi) is 23.5. The zero-order chi connectivity index (χ0) is 76.6. The van der Waals surface area contributed by atoms with Crippen LogP contribution in [0.2, 0.25) is 0 Å². The first-order chi connectivity index (χ1) is 53.4. The fourth-order valence-electron chi connectivity index (χ4n) is 12.8. The lowest BCUT2D eigenvalue weighted by atomic mass is 10.1. The van der Waals surface area contributed by atoms with Gasteiger partial charge >= 0.3 is 0 Å². The van der Waals surface area contributed by atoms with Crippen molar-refractivity contribution in [1.29, 1.82) is 0 Å². The first-order valence-corrected chi connectivity index (χ1v) is 35.7. The number of benzene rings is 6. The van der Waals surface area contributed by atoms with Gasteiger partial charge in [0, 0.05) is 11.4 Å². The molecule has 16 N–H and O–H groups in total. The van der Waals surface area contributed by atoms with Crippen LogP contribution in [0.15, 0.2) is 188 Å². The number of para-hydroxylation sites is 10. The second-order valence-corrected chi connectivity index (χ2v) is 26.1. The quantitative estimate of drug-likeness (QED) is 0.0269. The Bertz CT molecular complexity index is 4590. The molecule has 0 spiro atoms. The Morgan fingerprint density at radius 1 is 0.236 bits per heavy atom. The third kappa shape index (κ3) is 18.5. The molecule has 12 amide bonds. The molecule has 13 rings (SSSR count). The highest BCUT2D eigenvalue weighted by Gasteiger charge is 2.30. The summed E-state index contributed by atoms with van der Waals surface area (Å²) in [5, 5.41) is 45.9. The third-order valence-electron chi connectivity index (χ3n) is 18.4. The Labute approximate surface area is 628 Å². The number of hydrogen-bond acceptors (Lipinski definition) is 19. The summed E-state index contributed by atoms with van der Waals surface area (Å²) in [6, 6.07) is 45.0. The summed E-state index contributed by atoms with van der Waals surface area (Å²) in [5.74, 6) is -7.94. The van der Waals surface area contributed by atoms with E-state index in [1.54, 1.807) is 109 Å². The smallest absolute Gasteiger partial charge is 0.274 e. The first kappa shape index (κ1) is 74.5. The molecule has 4 saturated heterocycles. The number of amides is 12. The van der Waals surface area contributed by atoms with E-state index in [1.165, 1.54) is 78.9 Å². The van der Waals surface area contributed by atoms with Gasteiger partial charge < -0.3 is 85.1 Å². The molecule has 0 aliphatic carbocycles. The van der Waals surface area contributed by atoms with Gasteiger partial charge in [-0.25, -0.2) is 15.0 Å². The maximum absolute atomic E-state index is 14.5. The molecule has 31 heteroatoms. The van der Waals surface area contributed by atoms with Crippen molar-refractivity contribution in [1.82, 2.24) is 36.2 Å². The number of aromatic nitrogens is 3. The van der Waals surface area contributed by atoms with Gasteiger partial charge in [0.1, 0.15) is 34.2 Å². The maximum Gasteiger partial charge on any atom is 0.274 e. The summed E-state index contributed by atoms with van der Waals surface area (Å²) in [7, 11) is 0. The highest BCUT2D eigenvalue weighted by atomic mass is 16.2. The minimum Gasteiger partial charge on any atom is -0.323 e. The fraction of sp³-hybridized carbons (Fsp3) is 0.203. The minimum absolute atomic E-state index is 0.0321. The lowest BCUT2D eigenvalue weighted by molar-refractivity contribution is -0.118. The number of anilines is 12. The average molecular weight is 1480 g/mol. The summed E-state index contributed by atoms with van der Waals surface area (Å²) in [6.45, 7) is 2.70. The van der Waals surface area contributed by atoms with E-state index in [0.717, 1.165) is 25.7 Å². The molecule has 6 aromatic carbocycles. The highest BCUT2D eigenvalue weighted by molar-refractivity contribution is 6.17. The van der Waals surface area contributed by atoms with Gasteiger partial charge in [-0.1, -0.05) is 78.9 Å². The average Bonchev–Trinajstić information content (AvgIpc) is 0.950. The van der Waals surface area contributed by atoms with Gasteiger partial charge in [-0.2, -0.15) is 0 Å². The molecule has 31 nitrogen and oxygen atoms in total. The Balaban J connectivity index is 0.712. The lowest BCUT2D eigenvalue weighted by Gasteiger charge is -2.17. The molecule has 558 valence electrons.